The second-order valence-electron chi connectivity index (χ2n) is 3.96. The van der Waals surface area contributed by atoms with Crippen molar-refractivity contribution in [3.8, 4) is 0 Å². The van der Waals surface area contributed by atoms with Gasteiger partial charge in [0.1, 0.15) is 6.04 Å². The fourth-order valence-corrected chi connectivity index (χ4v) is 1.64. The van der Waals surface area contributed by atoms with Crippen molar-refractivity contribution in [1.82, 2.24) is 5.32 Å². The zero-order valence-electron chi connectivity index (χ0n) is 9.90. The summed E-state index contributed by atoms with van der Waals surface area (Å²) < 4.78 is 0. The third-order valence-corrected chi connectivity index (χ3v) is 2.84. The Morgan fingerprint density at radius 3 is 2.38 bits per heavy atom. The van der Waals surface area contributed by atoms with E-state index in [2.05, 4.69) is 5.32 Å². The van der Waals surface area contributed by atoms with Crippen molar-refractivity contribution in [3.05, 3.63) is 0 Å². The highest BCUT2D eigenvalue weighted by molar-refractivity contribution is 7.98. The largest absolute Gasteiger partial charge is 0.480 e. The molecule has 0 saturated heterocycles. The van der Waals surface area contributed by atoms with Crippen molar-refractivity contribution in [2.24, 2.45) is 11.7 Å². The van der Waals surface area contributed by atoms with Crippen LogP contribution in [0, 0.1) is 5.92 Å². The standard InChI is InChI=1S/C10H20N2O3S/c1-6(2)8(10(14)15)12-9(13)7(11)4-5-16-3/h6-8H,4-5,11H2,1-3H3,(H,12,13)(H,14,15). The molecule has 5 nitrogen and oxygen atoms in total. The Hall–Kier alpha value is -0.750. The molecule has 2 unspecified atom stereocenters. The molecule has 0 aliphatic heterocycles. The topological polar surface area (TPSA) is 92.4 Å². The van der Waals surface area contributed by atoms with E-state index in [1.165, 1.54) is 0 Å². The van der Waals surface area contributed by atoms with Crippen LogP contribution in [0.5, 0.6) is 0 Å². The zero-order chi connectivity index (χ0) is 12.7. The van der Waals surface area contributed by atoms with Crippen LogP contribution in [0.1, 0.15) is 20.3 Å². The lowest BCUT2D eigenvalue weighted by Gasteiger charge is -2.20. The summed E-state index contributed by atoms with van der Waals surface area (Å²) in [4.78, 5) is 22.4. The van der Waals surface area contributed by atoms with Crippen LogP contribution in [0.15, 0.2) is 0 Å². The number of thioether (sulfide) groups is 1. The SMILES string of the molecule is CSCCC(N)C(=O)NC(C(=O)O)C(C)C. The van der Waals surface area contributed by atoms with Gasteiger partial charge in [0.2, 0.25) is 5.91 Å². The lowest BCUT2D eigenvalue weighted by atomic mass is 10.0. The molecule has 2 atom stereocenters. The van der Waals surface area contributed by atoms with Gasteiger partial charge < -0.3 is 16.2 Å². The molecule has 0 rings (SSSR count). The first kappa shape index (κ1) is 15.2. The number of aliphatic carboxylic acids is 1. The maximum absolute atomic E-state index is 11.6. The summed E-state index contributed by atoms with van der Waals surface area (Å²) in [5.41, 5.74) is 5.63. The lowest BCUT2D eigenvalue weighted by Crippen LogP contribution is -2.50. The minimum Gasteiger partial charge on any atom is -0.480 e. The Balaban J connectivity index is 4.24. The molecule has 0 radical (unpaired) electrons. The van der Waals surface area contributed by atoms with Gasteiger partial charge in [-0.15, -0.1) is 0 Å². The summed E-state index contributed by atoms with van der Waals surface area (Å²) in [7, 11) is 0. The molecule has 0 aromatic carbocycles. The van der Waals surface area contributed by atoms with Crippen LogP contribution in [-0.4, -0.2) is 41.1 Å². The second kappa shape index (κ2) is 7.51. The molecule has 0 aromatic heterocycles. The van der Waals surface area contributed by atoms with Crippen LogP contribution in [0.4, 0.5) is 0 Å². The molecule has 16 heavy (non-hydrogen) atoms. The summed E-state index contributed by atoms with van der Waals surface area (Å²) >= 11 is 1.60. The van der Waals surface area contributed by atoms with Gasteiger partial charge in [-0.2, -0.15) is 11.8 Å². The molecule has 94 valence electrons. The van der Waals surface area contributed by atoms with Crippen molar-refractivity contribution in [2.75, 3.05) is 12.0 Å². The monoisotopic (exact) mass is 248 g/mol. The first-order valence-electron chi connectivity index (χ1n) is 5.17. The molecule has 6 heteroatoms. The Morgan fingerprint density at radius 1 is 1.44 bits per heavy atom. The van der Waals surface area contributed by atoms with Gasteiger partial charge in [0.15, 0.2) is 0 Å². The van der Waals surface area contributed by atoms with Gasteiger partial charge in [0.05, 0.1) is 6.04 Å². The van der Waals surface area contributed by atoms with E-state index in [1.54, 1.807) is 25.6 Å². The summed E-state index contributed by atoms with van der Waals surface area (Å²) in [6.45, 7) is 3.49. The maximum Gasteiger partial charge on any atom is 0.326 e. The van der Waals surface area contributed by atoms with E-state index in [1.807, 2.05) is 6.26 Å². The number of carboxylic acids is 1. The van der Waals surface area contributed by atoms with Gasteiger partial charge in [-0.1, -0.05) is 13.8 Å². The molecule has 0 fully saturated rings. The molecule has 0 aliphatic carbocycles. The van der Waals surface area contributed by atoms with Crippen LogP contribution in [0.25, 0.3) is 0 Å². The van der Waals surface area contributed by atoms with Crippen LogP contribution in [0.2, 0.25) is 0 Å². The molecule has 0 bridgehead atoms. The Kier molecular flexibility index (Phi) is 7.16. The molecule has 0 aromatic rings. The smallest absolute Gasteiger partial charge is 0.326 e. The third kappa shape index (κ3) is 5.37. The molecular weight excluding hydrogens is 228 g/mol. The Labute approximate surface area is 100 Å². The van der Waals surface area contributed by atoms with Crippen LogP contribution in [0.3, 0.4) is 0 Å². The molecule has 4 N–H and O–H groups in total. The van der Waals surface area contributed by atoms with Gasteiger partial charge >= 0.3 is 5.97 Å². The van der Waals surface area contributed by atoms with Gasteiger partial charge in [-0.25, -0.2) is 4.79 Å². The third-order valence-electron chi connectivity index (χ3n) is 2.20. The van der Waals surface area contributed by atoms with Crippen LogP contribution < -0.4 is 11.1 Å². The summed E-state index contributed by atoms with van der Waals surface area (Å²) in [5, 5.41) is 11.3. The first-order chi connectivity index (χ1) is 7.40. The number of hydrogen-bond donors (Lipinski definition) is 3. The van der Waals surface area contributed by atoms with Crippen molar-refractivity contribution in [2.45, 2.75) is 32.4 Å². The van der Waals surface area contributed by atoms with Gasteiger partial charge in [-0.3, -0.25) is 4.79 Å². The summed E-state index contributed by atoms with van der Waals surface area (Å²) in [6, 6.07) is -1.50. The van der Waals surface area contributed by atoms with Crippen molar-refractivity contribution < 1.29 is 14.7 Å². The highest BCUT2D eigenvalue weighted by Crippen LogP contribution is 2.04. The number of rotatable bonds is 7. The molecule has 0 spiro atoms. The fourth-order valence-electron chi connectivity index (χ4n) is 1.15. The maximum atomic E-state index is 11.6. The Bertz CT molecular complexity index is 246. The van der Waals surface area contributed by atoms with Crippen molar-refractivity contribution in [1.29, 1.82) is 0 Å². The van der Waals surface area contributed by atoms with Gasteiger partial charge in [0.25, 0.3) is 0 Å². The number of carbonyl (C=O) groups is 2. The van der Waals surface area contributed by atoms with E-state index in [0.29, 0.717) is 6.42 Å². The molecule has 0 saturated carbocycles. The summed E-state index contributed by atoms with van der Waals surface area (Å²) in [5.74, 6) is -0.793. The van der Waals surface area contributed by atoms with Crippen LogP contribution >= 0.6 is 11.8 Å². The number of amides is 1. The average molecular weight is 248 g/mol. The molecular formula is C10H20N2O3S. The number of hydrogen-bond acceptors (Lipinski definition) is 4. The molecule has 1 amide bonds. The molecule has 0 heterocycles. The fraction of sp³-hybridized carbons (Fsp3) is 0.800. The van der Waals surface area contributed by atoms with E-state index < -0.39 is 24.0 Å². The number of carbonyl (C=O) groups excluding carboxylic acids is 1. The van der Waals surface area contributed by atoms with E-state index in [0.717, 1.165) is 5.75 Å². The first-order valence-corrected chi connectivity index (χ1v) is 6.57. The number of nitrogens with one attached hydrogen (secondary N) is 1. The van der Waals surface area contributed by atoms with Gasteiger partial charge in [-0.05, 0) is 24.3 Å². The normalized spacial score (nSPS) is 14.6. The predicted molar refractivity (Wildman–Crippen MR) is 65.4 cm³/mol. The predicted octanol–water partition coefficient (Wildman–Crippen LogP) is 0.292. The minimum absolute atomic E-state index is 0.158. The number of carboxylic acid groups (broad SMARTS) is 1. The van der Waals surface area contributed by atoms with Gasteiger partial charge in [0, 0.05) is 0 Å². The highest BCUT2D eigenvalue weighted by atomic mass is 32.2. The van der Waals surface area contributed by atoms with Crippen LogP contribution in [-0.2, 0) is 9.59 Å². The Morgan fingerprint density at radius 2 is 2.00 bits per heavy atom. The second-order valence-corrected chi connectivity index (χ2v) is 4.94. The average Bonchev–Trinajstić information content (AvgIpc) is 2.20. The quantitative estimate of drug-likeness (QED) is 0.602. The lowest BCUT2D eigenvalue weighted by molar-refractivity contribution is -0.143. The molecule has 0 aliphatic rings. The zero-order valence-corrected chi connectivity index (χ0v) is 10.7. The van der Waals surface area contributed by atoms with Crippen molar-refractivity contribution in [3.63, 3.8) is 0 Å². The minimum atomic E-state index is -1.03. The number of nitrogens with two attached hydrogens (primary N) is 1. The van der Waals surface area contributed by atoms with E-state index in [4.69, 9.17) is 10.8 Å². The van der Waals surface area contributed by atoms with E-state index in [9.17, 15) is 9.59 Å². The van der Waals surface area contributed by atoms with E-state index >= 15 is 0 Å². The summed E-state index contributed by atoms with van der Waals surface area (Å²) in [6.07, 6.45) is 2.48. The van der Waals surface area contributed by atoms with E-state index in [-0.39, 0.29) is 5.92 Å². The van der Waals surface area contributed by atoms with Crippen molar-refractivity contribution >= 4 is 23.6 Å². The highest BCUT2D eigenvalue weighted by Gasteiger charge is 2.25.